The maximum atomic E-state index is 10.7. The van der Waals surface area contributed by atoms with Crippen molar-refractivity contribution in [1.82, 2.24) is 0 Å². The third-order valence-electron chi connectivity index (χ3n) is 3.17. The van der Waals surface area contributed by atoms with Crippen LogP contribution in [-0.2, 0) is 4.79 Å². The SMILES string of the molecule is NC(CC1C=CC(c2ccccc2)=CC1)C(=O)O. The van der Waals surface area contributed by atoms with Crippen LogP contribution in [0.25, 0.3) is 5.57 Å². The van der Waals surface area contributed by atoms with Crippen LogP contribution in [0.1, 0.15) is 18.4 Å². The molecule has 0 fully saturated rings. The standard InChI is InChI=1S/C15H17NO2/c16-14(15(17)18)10-11-6-8-13(9-7-11)12-4-2-1-3-5-12/h1-6,8-9,11,14H,7,10,16H2,(H,17,18). The minimum atomic E-state index is -0.929. The van der Waals surface area contributed by atoms with E-state index in [1.54, 1.807) is 0 Å². The lowest BCUT2D eigenvalue weighted by Crippen LogP contribution is -2.32. The summed E-state index contributed by atoms with van der Waals surface area (Å²) >= 11 is 0. The van der Waals surface area contributed by atoms with E-state index >= 15 is 0 Å². The lowest BCUT2D eigenvalue weighted by molar-refractivity contribution is -0.138. The quantitative estimate of drug-likeness (QED) is 0.853. The third-order valence-corrected chi connectivity index (χ3v) is 3.17. The summed E-state index contributed by atoms with van der Waals surface area (Å²) in [6, 6.07) is 9.38. The molecule has 0 bridgehead atoms. The first-order valence-electron chi connectivity index (χ1n) is 6.09. The molecule has 1 aromatic rings. The van der Waals surface area contributed by atoms with Gasteiger partial charge >= 0.3 is 5.97 Å². The highest BCUT2D eigenvalue weighted by atomic mass is 16.4. The molecule has 2 rings (SSSR count). The predicted molar refractivity (Wildman–Crippen MR) is 71.9 cm³/mol. The molecule has 2 atom stereocenters. The number of hydrogen-bond donors (Lipinski definition) is 2. The lowest BCUT2D eigenvalue weighted by Gasteiger charge is -2.18. The molecule has 0 saturated carbocycles. The van der Waals surface area contributed by atoms with E-state index in [4.69, 9.17) is 10.8 Å². The molecule has 0 aromatic heterocycles. The molecule has 0 saturated heterocycles. The Hall–Kier alpha value is -1.87. The van der Waals surface area contributed by atoms with Crippen molar-refractivity contribution in [3.8, 4) is 0 Å². The van der Waals surface area contributed by atoms with Crippen LogP contribution >= 0.6 is 0 Å². The average molecular weight is 243 g/mol. The molecule has 0 heterocycles. The molecule has 1 aromatic carbocycles. The Morgan fingerprint density at radius 2 is 2.11 bits per heavy atom. The molecule has 1 aliphatic rings. The molecule has 1 aliphatic carbocycles. The van der Waals surface area contributed by atoms with E-state index in [1.807, 2.05) is 18.2 Å². The first-order valence-corrected chi connectivity index (χ1v) is 6.09. The van der Waals surface area contributed by atoms with Crippen molar-refractivity contribution in [3.63, 3.8) is 0 Å². The smallest absolute Gasteiger partial charge is 0.320 e. The van der Waals surface area contributed by atoms with Crippen molar-refractivity contribution in [1.29, 1.82) is 0 Å². The van der Waals surface area contributed by atoms with Gasteiger partial charge < -0.3 is 10.8 Å². The first-order chi connectivity index (χ1) is 8.66. The number of carbonyl (C=O) groups is 1. The number of aliphatic carboxylic acids is 1. The maximum Gasteiger partial charge on any atom is 0.320 e. The van der Waals surface area contributed by atoms with Crippen molar-refractivity contribution >= 4 is 11.5 Å². The normalized spacial score (nSPS) is 20.3. The fraction of sp³-hybridized carbons (Fsp3) is 0.267. The van der Waals surface area contributed by atoms with E-state index in [2.05, 4.69) is 30.4 Å². The van der Waals surface area contributed by atoms with Crippen LogP contribution < -0.4 is 5.73 Å². The highest BCUT2D eigenvalue weighted by Crippen LogP contribution is 2.26. The molecule has 18 heavy (non-hydrogen) atoms. The molecule has 2 unspecified atom stereocenters. The van der Waals surface area contributed by atoms with Gasteiger partial charge in [0.1, 0.15) is 6.04 Å². The second kappa shape index (κ2) is 5.65. The Morgan fingerprint density at radius 1 is 1.39 bits per heavy atom. The molecule has 0 amide bonds. The fourth-order valence-corrected chi connectivity index (χ4v) is 2.11. The highest BCUT2D eigenvalue weighted by Gasteiger charge is 2.18. The monoisotopic (exact) mass is 243 g/mol. The summed E-state index contributed by atoms with van der Waals surface area (Å²) in [6.07, 6.45) is 7.60. The number of rotatable bonds is 4. The summed E-state index contributed by atoms with van der Waals surface area (Å²) in [5, 5.41) is 8.78. The zero-order valence-electron chi connectivity index (χ0n) is 10.1. The summed E-state index contributed by atoms with van der Waals surface area (Å²) in [6.45, 7) is 0. The number of allylic oxidation sites excluding steroid dienone is 4. The molecule has 3 heteroatoms. The number of benzene rings is 1. The Balaban J connectivity index is 1.97. The summed E-state index contributed by atoms with van der Waals surface area (Å²) in [7, 11) is 0. The predicted octanol–water partition coefficient (Wildman–Crippen LogP) is 2.45. The van der Waals surface area contributed by atoms with Gasteiger partial charge in [-0.15, -0.1) is 0 Å². The van der Waals surface area contributed by atoms with Gasteiger partial charge in [-0.25, -0.2) is 0 Å². The molecule has 0 aliphatic heterocycles. The zero-order chi connectivity index (χ0) is 13.0. The van der Waals surface area contributed by atoms with E-state index in [0.717, 1.165) is 6.42 Å². The lowest BCUT2D eigenvalue weighted by atomic mass is 9.89. The van der Waals surface area contributed by atoms with Crippen LogP contribution in [0.3, 0.4) is 0 Å². The van der Waals surface area contributed by atoms with Crippen LogP contribution in [-0.4, -0.2) is 17.1 Å². The zero-order valence-corrected chi connectivity index (χ0v) is 10.1. The van der Waals surface area contributed by atoms with Gasteiger partial charge in [0, 0.05) is 0 Å². The Bertz CT molecular complexity index is 477. The largest absolute Gasteiger partial charge is 0.480 e. The summed E-state index contributed by atoms with van der Waals surface area (Å²) in [5.74, 6) is -0.704. The second-order valence-corrected chi connectivity index (χ2v) is 4.56. The van der Waals surface area contributed by atoms with Crippen molar-refractivity contribution < 1.29 is 9.90 Å². The third kappa shape index (κ3) is 3.08. The minimum absolute atomic E-state index is 0.226. The van der Waals surface area contributed by atoms with Crippen LogP contribution in [0.2, 0.25) is 0 Å². The Kier molecular flexibility index (Phi) is 3.95. The van der Waals surface area contributed by atoms with Gasteiger partial charge in [0.15, 0.2) is 0 Å². The van der Waals surface area contributed by atoms with E-state index in [1.165, 1.54) is 11.1 Å². The molecular formula is C15H17NO2. The van der Waals surface area contributed by atoms with Crippen LogP contribution in [0.5, 0.6) is 0 Å². The number of carboxylic acids is 1. The second-order valence-electron chi connectivity index (χ2n) is 4.56. The molecule has 0 radical (unpaired) electrons. The summed E-state index contributed by atoms with van der Waals surface area (Å²) < 4.78 is 0. The van der Waals surface area contributed by atoms with Crippen LogP contribution in [0, 0.1) is 5.92 Å². The molecular weight excluding hydrogens is 226 g/mol. The van der Waals surface area contributed by atoms with Crippen LogP contribution in [0.4, 0.5) is 0 Å². The Labute approximate surface area is 107 Å². The van der Waals surface area contributed by atoms with Crippen molar-refractivity contribution in [2.24, 2.45) is 11.7 Å². The van der Waals surface area contributed by atoms with Crippen LogP contribution in [0.15, 0.2) is 48.6 Å². The number of carboxylic acid groups (broad SMARTS) is 1. The molecule has 94 valence electrons. The Morgan fingerprint density at radius 3 is 2.67 bits per heavy atom. The van der Waals surface area contributed by atoms with Crippen molar-refractivity contribution in [2.45, 2.75) is 18.9 Å². The van der Waals surface area contributed by atoms with Gasteiger partial charge in [-0.05, 0) is 29.9 Å². The minimum Gasteiger partial charge on any atom is -0.480 e. The average Bonchev–Trinajstić information content (AvgIpc) is 2.40. The highest BCUT2D eigenvalue weighted by molar-refractivity contribution is 5.75. The topological polar surface area (TPSA) is 63.3 Å². The molecule has 3 N–H and O–H groups in total. The van der Waals surface area contributed by atoms with Gasteiger partial charge in [0.25, 0.3) is 0 Å². The van der Waals surface area contributed by atoms with Crippen molar-refractivity contribution in [3.05, 3.63) is 54.1 Å². The van der Waals surface area contributed by atoms with Gasteiger partial charge in [-0.2, -0.15) is 0 Å². The molecule has 3 nitrogen and oxygen atoms in total. The van der Waals surface area contributed by atoms with Crippen molar-refractivity contribution in [2.75, 3.05) is 0 Å². The van der Waals surface area contributed by atoms with E-state index in [0.29, 0.717) is 6.42 Å². The number of hydrogen-bond acceptors (Lipinski definition) is 2. The maximum absolute atomic E-state index is 10.7. The van der Waals surface area contributed by atoms with Gasteiger partial charge in [0.2, 0.25) is 0 Å². The first kappa shape index (κ1) is 12.6. The van der Waals surface area contributed by atoms with E-state index < -0.39 is 12.0 Å². The summed E-state index contributed by atoms with van der Waals surface area (Å²) in [5.41, 5.74) is 7.92. The van der Waals surface area contributed by atoms with E-state index in [-0.39, 0.29) is 5.92 Å². The van der Waals surface area contributed by atoms with Gasteiger partial charge in [0.05, 0.1) is 0 Å². The number of nitrogens with two attached hydrogens (primary N) is 1. The van der Waals surface area contributed by atoms with Gasteiger partial charge in [-0.3, -0.25) is 4.79 Å². The summed E-state index contributed by atoms with van der Waals surface area (Å²) in [4.78, 5) is 10.7. The molecule has 0 spiro atoms. The van der Waals surface area contributed by atoms with Gasteiger partial charge in [-0.1, -0.05) is 48.6 Å². The van der Waals surface area contributed by atoms with E-state index in [9.17, 15) is 4.79 Å². The fourth-order valence-electron chi connectivity index (χ4n) is 2.11.